The van der Waals surface area contributed by atoms with Gasteiger partial charge < -0.3 is 0 Å². The van der Waals surface area contributed by atoms with Crippen LogP contribution in [-0.4, -0.2) is 5.16 Å². The van der Waals surface area contributed by atoms with E-state index in [2.05, 4.69) is 69.3 Å². The van der Waals surface area contributed by atoms with E-state index in [1.807, 2.05) is 0 Å². The first-order valence-corrected chi connectivity index (χ1v) is 7.14. The molecule has 0 fully saturated rings. The van der Waals surface area contributed by atoms with Crippen LogP contribution in [0.2, 0.25) is 0 Å². The molecule has 1 aromatic carbocycles. The van der Waals surface area contributed by atoms with E-state index in [1.165, 1.54) is 5.30 Å². The normalized spacial score (nSPS) is 17.3. The lowest BCUT2D eigenvalue weighted by molar-refractivity contribution is 0.790. The van der Waals surface area contributed by atoms with E-state index in [0.29, 0.717) is 5.16 Å². The van der Waals surface area contributed by atoms with Crippen molar-refractivity contribution < 1.29 is 0 Å². The second-order valence-corrected chi connectivity index (χ2v) is 8.24. The molecule has 0 nitrogen and oxygen atoms in total. The van der Waals surface area contributed by atoms with Crippen LogP contribution in [0.3, 0.4) is 0 Å². The first kappa shape index (κ1) is 11.6. The summed E-state index contributed by atoms with van der Waals surface area (Å²) in [6, 6.07) is 11.0. The van der Waals surface area contributed by atoms with Crippen LogP contribution >= 0.6 is 7.92 Å². The van der Waals surface area contributed by atoms with Crippen molar-refractivity contribution >= 4 is 13.2 Å². The second-order valence-electron chi connectivity index (χ2n) is 5.13. The summed E-state index contributed by atoms with van der Waals surface area (Å²) in [5.41, 5.74) is 0. The van der Waals surface area contributed by atoms with Crippen molar-refractivity contribution in [2.45, 2.75) is 32.3 Å². The van der Waals surface area contributed by atoms with Gasteiger partial charge in [0.2, 0.25) is 0 Å². The predicted molar refractivity (Wildman–Crippen MR) is 74.6 cm³/mol. The molecule has 2 rings (SSSR count). The summed E-state index contributed by atoms with van der Waals surface area (Å²) in [4.78, 5) is 0. The van der Waals surface area contributed by atoms with Crippen LogP contribution in [0.25, 0.3) is 0 Å². The molecule has 0 bridgehead atoms. The molecule has 1 aliphatic rings. The Morgan fingerprint density at radius 1 is 1.06 bits per heavy atom. The van der Waals surface area contributed by atoms with Gasteiger partial charge in [-0.15, -0.1) is 0 Å². The van der Waals surface area contributed by atoms with Crippen LogP contribution in [0.1, 0.15) is 27.2 Å². The van der Waals surface area contributed by atoms with E-state index in [4.69, 9.17) is 0 Å². The van der Waals surface area contributed by atoms with Crippen LogP contribution in [0.5, 0.6) is 0 Å². The molecule has 0 aliphatic heterocycles. The van der Waals surface area contributed by atoms with Gasteiger partial charge in [0.05, 0.1) is 0 Å². The average Bonchev–Trinajstić information content (AvgIpc) is 2.71. The zero-order chi connectivity index (χ0) is 11.6. The van der Waals surface area contributed by atoms with E-state index >= 15 is 0 Å². The molecule has 1 heteroatoms. The van der Waals surface area contributed by atoms with E-state index in [1.54, 1.807) is 5.31 Å². The largest absolute Gasteiger partial charge is 0.0801 e. The van der Waals surface area contributed by atoms with E-state index in [0.717, 1.165) is 6.42 Å². The summed E-state index contributed by atoms with van der Waals surface area (Å²) in [5, 5.41) is 3.45. The third-order valence-corrected chi connectivity index (χ3v) is 5.79. The number of allylic oxidation sites excluding steroid dienone is 4. The molecule has 0 aromatic heterocycles. The highest BCUT2D eigenvalue weighted by Crippen LogP contribution is 2.57. The quantitative estimate of drug-likeness (QED) is 0.659. The molecule has 0 heterocycles. The van der Waals surface area contributed by atoms with Crippen LogP contribution in [0.15, 0.2) is 53.9 Å². The van der Waals surface area contributed by atoms with Crippen LogP contribution < -0.4 is 5.30 Å². The van der Waals surface area contributed by atoms with Crippen LogP contribution in [0.4, 0.5) is 0 Å². The molecular weight excluding hydrogens is 211 g/mol. The summed E-state index contributed by atoms with van der Waals surface area (Å²) in [6.07, 6.45) is 7.90. The molecule has 16 heavy (non-hydrogen) atoms. The topological polar surface area (TPSA) is 0 Å². The maximum absolute atomic E-state index is 2.35. The van der Waals surface area contributed by atoms with Gasteiger partial charge in [0.1, 0.15) is 0 Å². The third kappa shape index (κ3) is 2.44. The number of hydrogen-bond donors (Lipinski definition) is 0. The molecule has 0 saturated carbocycles. The maximum atomic E-state index is 2.35. The summed E-state index contributed by atoms with van der Waals surface area (Å²) in [5.74, 6) is 0. The summed E-state index contributed by atoms with van der Waals surface area (Å²) >= 11 is 0. The third-order valence-electron chi connectivity index (χ3n) is 2.72. The minimum atomic E-state index is -0.199. The Kier molecular flexibility index (Phi) is 3.30. The van der Waals surface area contributed by atoms with Crippen molar-refractivity contribution in [1.82, 2.24) is 0 Å². The van der Waals surface area contributed by atoms with Gasteiger partial charge in [-0.2, -0.15) is 0 Å². The molecule has 0 saturated heterocycles. The SMILES string of the molecule is CC(C)(C)P(C1=CC=CC1)c1ccccc1. The maximum Gasteiger partial charge on any atom is -0.00864 e. The lowest BCUT2D eigenvalue weighted by Gasteiger charge is -2.33. The van der Waals surface area contributed by atoms with Crippen molar-refractivity contribution in [3.05, 3.63) is 53.9 Å². The highest BCUT2D eigenvalue weighted by molar-refractivity contribution is 7.71. The van der Waals surface area contributed by atoms with Crippen molar-refractivity contribution in [3.63, 3.8) is 0 Å². The smallest absolute Gasteiger partial charge is 0.00864 e. The van der Waals surface area contributed by atoms with Crippen molar-refractivity contribution in [1.29, 1.82) is 0 Å². The Hall–Kier alpha value is -0.870. The molecule has 0 spiro atoms. The minimum absolute atomic E-state index is 0.199. The van der Waals surface area contributed by atoms with Crippen molar-refractivity contribution in [2.75, 3.05) is 0 Å². The Balaban J connectivity index is 2.37. The zero-order valence-corrected chi connectivity index (χ0v) is 11.2. The lowest BCUT2D eigenvalue weighted by atomic mass is 10.3. The fourth-order valence-corrected chi connectivity index (χ4v) is 5.12. The fourth-order valence-electron chi connectivity index (χ4n) is 2.16. The number of benzene rings is 1. The van der Waals surface area contributed by atoms with Crippen molar-refractivity contribution in [2.24, 2.45) is 0 Å². The van der Waals surface area contributed by atoms with Gasteiger partial charge in [0.15, 0.2) is 0 Å². The molecular formula is C15H19P. The molecule has 1 atom stereocenters. The summed E-state index contributed by atoms with van der Waals surface area (Å²) in [6.45, 7) is 7.06. The van der Waals surface area contributed by atoms with Gasteiger partial charge in [-0.3, -0.25) is 0 Å². The predicted octanol–water partition coefficient (Wildman–Crippen LogP) is 4.44. The van der Waals surface area contributed by atoms with Gasteiger partial charge in [-0.05, 0) is 30.1 Å². The van der Waals surface area contributed by atoms with Gasteiger partial charge in [0, 0.05) is 0 Å². The Labute approximate surface area is 99.8 Å². The Bertz CT molecular complexity index is 407. The van der Waals surface area contributed by atoms with Crippen LogP contribution in [0, 0.1) is 0 Å². The fraction of sp³-hybridized carbons (Fsp3) is 0.333. The highest BCUT2D eigenvalue weighted by atomic mass is 31.1. The van der Waals surface area contributed by atoms with Gasteiger partial charge in [-0.25, -0.2) is 0 Å². The monoisotopic (exact) mass is 230 g/mol. The average molecular weight is 230 g/mol. The number of hydrogen-bond acceptors (Lipinski definition) is 0. The molecule has 0 radical (unpaired) electrons. The van der Waals surface area contributed by atoms with Gasteiger partial charge >= 0.3 is 0 Å². The highest BCUT2D eigenvalue weighted by Gasteiger charge is 2.28. The Morgan fingerprint density at radius 2 is 1.75 bits per heavy atom. The van der Waals surface area contributed by atoms with E-state index < -0.39 is 0 Å². The first-order chi connectivity index (χ1) is 7.59. The minimum Gasteiger partial charge on any atom is -0.0801 e. The zero-order valence-electron chi connectivity index (χ0n) is 10.3. The number of rotatable bonds is 2. The van der Waals surface area contributed by atoms with Crippen LogP contribution in [-0.2, 0) is 0 Å². The second kappa shape index (κ2) is 4.55. The van der Waals surface area contributed by atoms with Crippen molar-refractivity contribution in [3.8, 4) is 0 Å². The molecule has 84 valence electrons. The Morgan fingerprint density at radius 3 is 2.25 bits per heavy atom. The summed E-state index contributed by atoms with van der Waals surface area (Å²) in [7, 11) is -0.199. The van der Waals surface area contributed by atoms with Gasteiger partial charge in [-0.1, -0.05) is 69.3 Å². The molecule has 0 amide bonds. The molecule has 1 aliphatic carbocycles. The molecule has 0 N–H and O–H groups in total. The first-order valence-electron chi connectivity index (χ1n) is 5.80. The van der Waals surface area contributed by atoms with Gasteiger partial charge in [0.25, 0.3) is 0 Å². The van der Waals surface area contributed by atoms with E-state index in [9.17, 15) is 0 Å². The molecule has 1 aromatic rings. The standard InChI is InChI=1S/C15H19P/c1-15(2,3)16(14-11-7-8-12-14)13-9-5-4-6-10-13/h4-11H,12H2,1-3H3. The van der Waals surface area contributed by atoms with E-state index in [-0.39, 0.29) is 7.92 Å². The summed E-state index contributed by atoms with van der Waals surface area (Å²) < 4.78 is 0. The molecule has 1 unspecified atom stereocenters. The lowest BCUT2D eigenvalue weighted by Crippen LogP contribution is -2.19.